The van der Waals surface area contributed by atoms with Crippen LogP contribution in [-0.4, -0.2) is 29.9 Å². The average molecular weight is 279 g/mol. The summed E-state index contributed by atoms with van der Waals surface area (Å²) in [5, 5.41) is 5.56. The number of nitrogens with one attached hydrogen (secondary N) is 3. The van der Waals surface area contributed by atoms with Crippen molar-refractivity contribution in [3.63, 3.8) is 0 Å². The van der Waals surface area contributed by atoms with Gasteiger partial charge in [0.05, 0.1) is 6.54 Å². The number of aromatic amines is 1. The van der Waals surface area contributed by atoms with Gasteiger partial charge in [-0.3, -0.25) is 14.6 Å². The van der Waals surface area contributed by atoms with Crippen molar-refractivity contribution in [3.05, 3.63) is 30.9 Å². The third-order valence-corrected chi connectivity index (χ3v) is 2.77. The minimum atomic E-state index is -0.139. The summed E-state index contributed by atoms with van der Waals surface area (Å²) in [4.78, 5) is 25.7. The zero-order chi connectivity index (χ0) is 14.8. The zero-order valence-electron chi connectivity index (χ0n) is 11.9. The Balaban J connectivity index is 1.97. The Labute approximate surface area is 119 Å². The van der Waals surface area contributed by atoms with E-state index in [1.54, 1.807) is 6.92 Å². The van der Waals surface area contributed by atoms with Crippen LogP contribution in [0.3, 0.4) is 0 Å². The number of hydrogen-bond acceptors (Lipinski definition) is 2. The quantitative estimate of drug-likeness (QED) is 0.345. The molecular formula is C14H23N4O2+. The third-order valence-electron chi connectivity index (χ3n) is 2.77. The van der Waals surface area contributed by atoms with Gasteiger partial charge in [-0.2, -0.15) is 0 Å². The van der Waals surface area contributed by atoms with Crippen LogP contribution < -0.4 is 15.2 Å². The lowest BCUT2D eigenvalue weighted by atomic mass is 10.3. The summed E-state index contributed by atoms with van der Waals surface area (Å²) >= 11 is 0. The van der Waals surface area contributed by atoms with E-state index in [1.165, 1.54) is 0 Å². The number of hydrogen-bond donors (Lipinski definition) is 3. The highest BCUT2D eigenvalue weighted by Crippen LogP contribution is 1.90. The molecule has 0 bridgehead atoms. The number of H-pyrrole nitrogens is 1. The lowest BCUT2D eigenvalue weighted by Gasteiger charge is -2.06. The summed E-state index contributed by atoms with van der Waals surface area (Å²) in [6.45, 7) is 7.17. The van der Waals surface area contributed by atoms with Crippen LogP contribution >= 0.6 is 0 Å². The number of carbonyl (C=O) groups excluding carboxylic acids is 2. The molecule has 0 fully saturated rings. The van der Waals surface area contributed by atoms with Crippen molar-refractivity contribution in [3.8, 4) is 0 Å². The standard InChI is InChI=1S/C14H22N4O2/c1-12(2)14(20)17-7-4-6-16-13(19)5-3-9-18-10-8-15-11-18/h8,10-11H,1,3-7,9H2,2H3,(H2,16,17,19,20)/p+1. The van der Waals surface area contributed by atoms with Gasteiger partial charge in [-0.1, -0.05) is 6.58 Å². The summed E-state index contributed by atoms with van der Waals surface area (Å²) in [5.74, 6) is -0.0905. The number of aryl methyl sites for hydroxylation is 1. The Kier molecular flexibility index (Phi) is 7.10. The van der Waals surface area contributed by atoms with Crippen LogP contribution in [0.15, 0.2) is 30.9 Å². The first-order valence-corrected chi connectivity index (χ1v) is 6.82. The smallest absolute Gasteiger partial charge is 0.246 e. The van der Waals surface area contributed by atoms with E-state index >= 15 is 0 Å². The number of nitrogens with zero attached hydrogens (tertiary/aromatic N) is 1. The molecule has 0 saturated carbocycles. The van der Waals surface area contributed by atoms with Crippen molar-refractivity contribution in [2.75, 3.05) is 13.1 Å². The van der Waals surface area contributed by atoms with E-state index in [4.69, 9.17) is 0 Å². The number of imidazole rings is 1. The molecule has 6 nitrogen and oxygen atoms in total. The summed E-state index contributed by atoms with van der Waals surface area (Å²) in [5.41, 5.74) is 0.497. The Hall–Kier alpha value is -2.11. The summed E-state index contributed by atoms with van der Waals surface area (Å²) < 4.78 is 2.00. The molecule has 0 aliphatic heterocycles. The van der Waals surface area contributed by atoms with Crippen molar-refractivity contribution in [1.82, 2.24) is 15.6 Å². The van der Waals surface area contributed by atoms with Crippen LogP contribution in [0.5, 0.6) is 0 Å². The third kappa shape index (κ3) is 6.72. The fourth-order valence-corrected chi connectivity index (χ4v) is 1.64. The molecule has 1 heterocycles. The van der Waals surface area contributed by atoms with E-state index < -0.39 is 0 Å². The Morgan fingerprint density at radius 1 is 1.25 bits per heavy atom. The van der Waals surface area contributed by atoms with Gasteiger partial charge in [0.25, 0.3) is 0 Å². The van der Waals surface area contributed by atoms with E-state index in [9.17, 15) is 9.59 Å². The van der Waals surface area contributed by atoms with Gasteiger partial charge in [0, 0.05) is 25.1 Å². The molecule has 1 aromatic heterocycles. The second-order valence-corrected chi connectivity index (χ2v) is 4.69. The number of aromatic nitrogens is 2. The maximum absolute atomic E-state index is 11.5. The summed E-state index contributed by atoms with van der Waals surface area (Å²) in [6.07, 6.45) is 7.68. The van der Waals surface area contributed by atoms with Crippen LogP contribution in [0.25, 0.3) is 0 Å². The molecule has 0 aliphatic carbocycles. The highest BCUT2D eigenvalue weighted by atomic mass is 16.2. The van der Waals surface area contributed by atoms with Crippen LogP contribution in [0.1, 0.15) is 26.2 Å². The fourth-order valence-electron chi connectivity index (χ4n) is 1.64. The second kappa shape index (κ2) is 8.90. The van der Waals surface area contributed by atoms with Gasteiger partial charge >= 0.3 is 0 Å². The highest BCUT2D eigenvalue weighted by Gasteiger charge is 2.03. The first-order chi connectivity index (χ1) is 9.59. The van der Waals surface area contributed by atoms with Crippen LogP contribution in [0.2, 0.25) is 0 Å². The SMILES string of the molecule is C=C(C)C(=O)NCCCNC(=O)CCC[n+]1cc[nH]c1. The minimum Gasteiger partial charge on any atom is -0.356 e. The number of carbonyl (C=O) groups is 2. The minimum absolute atomic E-state index is 0.0485. The molecule has 0 spiro atoms. The molecule has 0 unspecified atom stereocenters. The number of rotatable bonds is 9. The topological polar surface area (TPSA) is 77.9 Å². The zero-order valence-corrected chi connectivity index (χ0v) is 11.9. The Bertz CT molecular complexity index is 440. The summed E-state index contributed by atoms with van der Waals surface area (Å²) in [7, 11) is 0. The first-order valence-electron chi connectivity index (χ1n) is 6.82. The monoisotopic (exact) mass is 279 g/mol. The van der Waals surface area contributed by atoms with E-state index in [2.05, 4.69) is 22.2 Å². The van der Waals surface area contributed by atoms with E-state index in [-0.39, 0.29) is 11.8 Å². The lowest BCUT2D eigenvalue weighted by Crippen LogP contribution is -2.32. The normalized spacial score (nSPS) is 10.1. The van der Waals surface area contributed by atoms with E-state index in [0.29, 0.717) is 25.1 Å². The molecule has 6 heteroatoms. The highest BCUT2D eigenvalue weighted by molar-refractivity contribution is 5.92. The maximum atomic E-state index is 11.5. The molecule has 0 saturated heterocycles. The predicted molar refractivity (Wildman–Crippen MR) is 75.7 cm³/mol. The van der Waals surface area contributed by atoms with Crippen molar-refractivity contribution in [2.24, 2.45) is 0 Å². The molecule has 1 rings (SSSR count). The molecule has 2 amide bonds. The van der Waals surface area contributed by atoms with Gasteiger partial charge in [-0.25, -0.2) is 4.57 Å². The fraction of sp³-hybridized carbons (Fsp3) is 0.500. The molecule has 110 valence electrons. The van der Waals surface area contributed by atoms with E-state index in [0.717, 1.165) is 19.4 Å². The molecule has 0 aromatic carbocycles. The van der Waals surface area contributed by atoms with Gasteiger partial charge in [0.2, 0.25) is 18.1 Å². The molecule has 0 radical (unpaired) electrons. The lowest BCUT2D eigenvalue weighted by molar-refractivity contribution is -0.695. The van der Waals surface area contributed by atoms with Crippen LogP contribution in [0, 0.1) is 0 Å². The molecule has 20 heavy (non-hydrogen) atoms. The summed E-state index contributed by atoms with van der Waals surface area (Å²) in [6, 6.07) is 0. The predicted octanol–water partition coefficient (Wildman–Crippen LogP) is 0.281. The molecular weight excluding hydrogens is 256 g/mol. The maximum Gasteiger partial charge on any atom is 0.246 e. The van der Waals surface area contributed by atoms with Gasteiger partial charge in [-0.15, -0.1) is 0 Å². The second-order valence-electron chi connectivity index (χ2n) is 4.69. The van der Waals surface area contributed by atoms with Crippen LogP contribution in [-0.2, 0) is 16.1 Å². The molecule has 3 N–H and O–H groups in total. The number of amides is 2. The molecule has 0 aliphatic rings. The van der Waals surface area contributed by atoms with Crippen molar-refractivity contribution < 1.29 is 14.2 Å². The van der Waals surface area contributed by atoms with Crippen molar-refractivity contribution in [1.29, 1.82) is 0 Å². The Morgan fingerprint density at radius 3 is 2.65 bits per heavy atom. The molecule has 0 atom stereocenters. The van der Waals surface area contributed by atoms with Crippen molar-refractivity contribution >= 4 is 11.8 Å². The van der Waals surface area contributed by atoms with Crippen LogP contribution in [0.4, 0.5) is 0 Å². The van der Waals surface area contributed by atoms with Gasteiger partial charge < -0.3 is 10.6 Å². The molecule has 1 aromatic rings. The van der Waals surface area contributed by atoms with Gasteiger partial charge in [0.15, 0.2) is 0 Å². The average Bonchev–Trinajstić information content (AvgIpc) is 2.91. The largest absolute Gasteiger partial charge is 0.356 e. The Morgan fingerprint density at radius 2 is 2.00 bits per heavy atom. The first kappa shape index (κ1) is 15.9. The van der Waals surface area contributed by atoms with Gasteiger partial charge in [-0.05, 0) is 19.8 Å². The van der Waals surface area contributed by atoms with Gasteiger partial charge in [0.1, 0.15) is 12.4 Å². The van der Waals surface area contributed by atoms with E-state index in [1.807, 2.05) is 23.3 Å². The van der Waals surface area contributed by atoms with Crippen molar-refractivity contribution in [2.45, 2.75) is 32.7 Å².